The lowest BCUT2D eigenvalue weighted by Crippen LogP contribution is -2.36. The maximum absolute atomic E-state index is 5.65. The van der Waals surface area contributed by atoms with Crippen LogP contribution in [0.15, 0.2) is 39.0 Å². The van der Waals surface area contributed by atoms with Gasteiger partial charge in [0.2, 0.25) is 5.11 Å². The topological polar surface area (TPSA) is 37.2 Å². The highest BCUT2D eigenvalue weighted by molar-refractivity contribution is 9.10. The van der Waals surface area contributed by atoms with Gasteiger partial charge in [0.25, 0.3) is 0 Å². The van der Waals surface area contributed by atoms with Gasteiger partial charge in [-0.15, -0.1) is 5.11 Å². The zero-order valence-electron chi connectivity index (χ0n) is 9.34. The minimum Gasteiger partial charge on any atom is -0.489 e. The third kappa shape index (κ3) is 3.01. The molecular formula is C11H12BrN3OS. The standard InChI is InChI=1S/C11H12BrN3OS/c1-2-15-10(13-14-11(15)17)7-16-9-5-3-8(12)4-6-9/h3-6,10H,2,7H2,1H3. The number of azo groups is 1. The molecule has 0 aliphatic carbocycles. The first-order valence-electron chi connectivity index (χ1n) is 5.30. The molecule has 1 unspecified atom stereocenters. The van der Waals surface area contributed by atoms with Crippen molar-refractivity contribution in [3.8, 4) is 5.75 Å². The van der Waals surface area contributed by atoms with E-state index in [4.69, 9.17) is 17.0 Å². The van der Waals surface area contributed by atoms with Gasteiger partial charge in [0, 0.05) is 11.0 Å². The van der Waals surface area contributed by atoms with Crippen LogP contribution >= 0.6 is 28.1 Å². The van der Waals surface area contributed by atoms with E-state index >= 15 is 0 Å². The highest BCUT2D eigenvalue weighted by Gasteiger charge is 2.25. The summed E-state index contributed by atoms with van der Waals surface area (Å²) in [6, 6.07) is 7.69. The summed E-state index contributed by atoms with van der Waals surface area (Å²) in [5, 5.41) is 8.51. The lowest BCUT2D eigenvalue weighted by molar-refractivity contribution is 0.215. The number of likely N-dealkylation sites (N-methyl/N-ethyl adjacent to an activating group) is 1. The van der Waals surface area contributed by atoms with E-state index in [-0.39, 0.29) is 6.17 Å². The number of thiocarbonyl (C=S) groups is 1. The van der Waals surface area contributed by atoms with Gasteiger partial charge in [-0.2, -0.15) is 5.11 Å². The molecule has 1 aliphatic heterocycles. The summed E-state index contributed by atoms with van der Waals surface area (Å²) < 4.78 is 6.68. The van der Waals surface area contributed by atoms with E-state index in [0.717, 1.165) is 16.8 Å². The Morgan fingerprint density at radius 3 is 2.76 bits per heavy atom. The largest absolute Gasteiger partial charge is 0.489 e. The molecule has 0 spiro atoms. The number of ether oxygens (including phenoxy) is 1. The fraction of sp³-hybridized carbons (Fsp3) is 0.364. The van der Waals surface area contributed by atoms with E-state index in [9.17, 15) is 0 Å². The van der Waals surface area contributed by atoms with E-state index in [2.05, 4.69) is 26.2 Å². The Labute approximate surface area is 114 Å². The van der Waals surface area contributed by atoms with Gasteiger partial charge in [-0.1, -0.05) is 15.9 Å². The van der Waals surface area contributed by atoms with Crippen LogP contribution in [0.4, 0.5) is 0 Å². The Hall–Kier alpha value is -1.01. The number of nitrogens with zero attached hydrogens (tertiary/aromatic N) is 3. The second kappa shape index (κ2) is 5.55. The van der Waals surface area contributed by atoms with Gasteiger partial charge in [0.1, 0.15) is 12.4 Å². The molecule has 1 heterocycles. The van der Waals surface area contributed by atoms with Crippen molar-refractivity contribution >= 4 is 33.3 Å². The SMILES string of the molecule is CCN1C(=S)N=NC1COc1ccc(Br)cc1. The molecule has 1 aromatic rings. The molecule has 0 amide bonds. The summed E-state index contributed by atoms with van der Waals surface area (Å²) in [7, 11) is 0. The molecule has 4 nitrogen and oxygen atoms in total. The van der Waals surface area contributed by atoms with Gasteiger partial charge in [-0.05, 0) is 43.4 Å². The average Bonchev–Trinajstić information content (AvgIpc) is 2.69. The predicted molar refractivity (Wildman–Crippen MR) is 73.3 cm³/mol. The third-order valence-corrected chi connectivity index (χ3v) is 3.28. The van der Waals surface area contributed by atoms with Crippen LogP contribution in [0.5, 0.6) is 5.75 Å². The van der Waals surface area contributed by atoms with Crippen LogP contribution in [-0.2, 0) is 0 Å². The monoisotopic (exact) mass is 313 g/mol. The molecule has 90 valence electrons. The minimum absolute atomic E-state index is 0.101. The summed E-state index contributed by atoms with van der Waals surface area (Å²) in [6.45, 7) is 3.27. The molecule has 0 bridgehead atoms. The van der Waals surface area contributed by atoms with Crippen molar-refractivity contribution in [3.63, 3.8) is 0 Å². The highest BCUT2D eigenvalue weighted by atomic mass is 79.9. The van der Waals surface area contributed by atoms with Crippen molar-refractivity contribution in [3.05, 3.63) is 28.7 Å². The maximum Gasteiger partial charge on any atom is 0.217 e. The van der Waals surface area contributed by atoms with Crippen LogP contribution < -0.4 is 4.74 Å². The Kier molecular flexibility index (Phi) is 4.06. The molecule has 0 saturated carbocycles. The van der Waals surface area contributed by atoms with Crippen molar-refractivity contribution in [1.29, 1.82) is 0 Å². The van der Waals surface area contributed by atoms with Crippen molar-refractivity contribution in [2.75, 3.05) is 13.2 Å². The second-order valence-electron chi connectivity index (χ2n) is 3.53. The van der Waals surface area contributed by atoms with Crippen LogP contribution in [0.1, 0.15) is 6.92 Å². The highest BCUT2D eigenvalue weighted by Crippen LogP contribution is 2.18. The molecule has 1 atom stereocenters. The Balaban J connectivity index is 1.92. The van der Waals surface area contributed by atoms with Gasteiger partial charge < -0.3 is 9.64 Å². The summed E-state index contributed by atoms with van der Waals surface area (Å²) in [5.74, 6) is 0.817. The summed E-state index contributed by atoms with van der Waals surface area (Å²) >= 11 is 8.45. The van der Waals surface area contributed by atoms with Crippen molar-refractivity contribution in [1.82, 2.24) is 4.90 Å². The van der Waals surface area contributed by atoms with Crippen molar-refractivity contribution < 1.29 is 4.74 Å². The molecule has 0 radical (unpaired) electrons. The van der Waals surface area contributed by atoms with Gasteiger partial charge in [0.15, 0.2) is 6.17 Å². The zero-order valence-corrected chi connectivity index (χ0v) is 11.7. The molecule has 0 saturated heterocycles. The lowest BCUT2D eigenvalue weighted by Gasteiger charge is -2.21. The summed E-state index contributed by atoms with van der Waals surface area (Å²) in [5.41, 5.74) is 0. The van der Waals surface area contributed by atoms with E-state index in [1.165, 1.54) is 0 Å². The second-order valence-corrected chi connectivity index (χ2v) is 4.81. The third-order valence-electron chi connectivity index (χ3n) is 2.44. The average molecular weight is 314 g/mol. The normalized spacial score (nSPS) is 18.8. The molecule has 0 fully saturated rings. The van der Waals surface area contributed by atoms with E-state index in [1.54, 1.807) is 0 Å². The quantitative estimate of drug-likeness (QED) is 0.801. The summed E-state index contributed by atoms with van der Waals surface area (Å²) in [4.78, 5) is 1.94. The number of rotatable bonds is 4. The molecule has 1 aliphatic rings. The van der Waals surface area contributed by atoms with Crippen LogP contribution in [0, 0.1) is 0 Å². The first-order valence-corrected chi connectivity index (χ1v) is 6.50. The molecule has 17 heavy (non-hydrogen) atoms. The zero-order chi connectivity index (χ0) is 12.3. The fourth-order valence-corrected chi connectivity index (χ4v) is 2.10. The van der Waals surface area contributed by atoms with Crippen LogP contribution in [0.3, 0.4) is 0 Å². The maximum atomic E-state index is 5.65. The van der Waals surface area contributed by atoms with E-state index in [0.29, 0.717) is 11.7 Å². The molecule has 0 aromatic heterocycles. The molecule has 1 aromatic carbocycles. The lowest BCUT2D eigenvalue weighted by atomic mass is 10.3. The van der Waals surface area contributed by atoms with Gasteiger partial charge in [-0.25, -0.2) is 0 Å². The molecule has 0 N–H and O–H groups in total. The number of hydrogen-bond acceptors (Lipinski definition) is 3. The van der Waals surface area contributed by atoms with Gasteiger partial charge in [-0.3, -0.25) is 0 Å². The Morgan fingerprint density at radius 1 is 1.41 bits per heavy atom. The fourth-order valence-electron chi connectivity index (χ4n) is 1.53. The van der Waals surface area contributed by atoms with Crippen LogP contribution in [-0.4, -0.2) is 29.3 Å². The Morgan fingerprint density at radius 2 is 2.12 bits per heavy atom. The summed E-state index contributed by atoms with van der Waals surface area (Å²) in [6.07, 6.45) is -0.101. The smallest absolute Gasteiger partial charge is 0.217 e. The van der Waals surface area contributed by atoms with Crippen molar-refractivity contribution in [2.24, 2.45) is 10.2 Å². The first kappa shape index (κ1) is 12.4. The number of benzene rings is 1. The van der Waals surface area contributed by atoms with Crippen LogP contribution in [0.25, 0.3) is 0 Å². The van der Waals surface area contributed by atoms with Crippen molar-refractivity contribution in [2.45, 2.75) is 13.1 Å². The molecular weight excluding hydrogens is 302 g/mol. The molecule has 6 heteroatoms. The minimum atomic E-state index is -0.101. The first-order chi connectivity index (χ1) is 8.20. The predicted octanol–water partition coefficient (Wildman–Crippen LogP) is 3.23. The number of halogens is 1. The van der Waals surface area contributed by atoms with Gasteiger partial charge >= 0.3 is 0 Å². The molecule has 2 rings (SSSR count). The Bertz CT molecular complexity index is 435. The van der Waals surface area contributed by atoms with Gasteiger partial charge in [0.05, 0.1) is 0 Å². The van der Waals surface area contributed by atoms with Crippen LogP contribution in [0.2, 0.25) is 0 Å². The van der Waals surface area contributed by atoms with E-state index < -0.39 is 0 Å². The van der Waals surface area contributed by atoms with E-state index in [1.807, 2.05) is 36.1 Å². The number of hydrogen-bond donors (Lipinski definition) is 0.